The smallest absolute Gasteiger partial charge is 0.361 e. The Morgan fingerprint density at radius 1 is 1.23 bits per heavy atom. The Labute approximate surface area is 172 Å². The van der Waals surface area contributed by atoms with Crippen molar-refractivity contribution >= 4 is 22.6 Å². The molecule has 3 aromatic rings. The summed E-state index contributed by atoms with van der Waals surface area (Å²) < 4.78 is 40.0. The molecule has 1 atom stereocenters. The molecule has 0 bridgehead atoms. The van der Waals surface area contributed by atoms with Crippen molar-refractivity contribution < 1.29 is 18.0 Å². The molecule has 1 aliphatic heterocycles. The number of alkyl halides is 3. The lowest BCUT2D eigenvalue weighted by Gasteiger charge is -2.34. The summed E-state index contributed by atoms with van der Waals surface area (Å²) in [6, 6.07) is 10.3. The van der Waals surface area contributed by atoms with E-state index in [1.54, 1.807) is 4.90 Å². The number of aromatic nitrogens is 2. The lowest BCUT2D eigenvalue weighted by atomic mass is 9.96. The number of para-hydroxylation sites is 1. The number of anilines is 1. The van der Waals surface area contributed by atoms with Crippen LogP contribution in [0.4, 0.5) is 19.0 Å². The maximum Gasteiger partial charge on any atom is 0.419 e. The molecule has 5 nitrogen and oxygen atoms in total. The molecule has 3 heterocycles. The maximum atomic E-state index is 13.3. The molecule has 158 valence electrons. The van der Waals surface area contributed by atoms with E-state index in [1.165, 1.54) is 12.3 Å². The van der Waals surface area contributed by atoms with Gasteiger partial charge in [-0.15, -0.1) is 0 Å². The van der Waals surface area contributed by atoms with E-state index in [2.05, 4.69) is 15.3 Å². The Morgan fingerprint density at radius 2 is 2.07 bits per heavy atom. The monoisotopic (exact) mass is 416 g/mol. The van der Waals surface area contributed by atoms with Crippen molar-refractivity contribution in [2.75, 3.05) is 24.5 Å². The topological polar surface area (TPSA) is 61.0 Å². The van der Waals surface area contributed by atoms with Gasteiger partial charge >= 0.3 is 6.18 Å². The molecule has 4 rings (SSSR count). The Bertz CT molecular complexity index is 1030. The number of pyridine rings is 1. The van der Waals surface area contributed by atoms with Gasteiger partial charge in [0, 0.05) is 42.9 Å². The summed E-state index contributed by atoms with van der Waals surface area (Å²) in [5.74, 6) is -0.574. The summed E-state index contributed by atoms with van der Waals surface area (Å²) in [5, 5.41) is 4.08. The number of carbonyl (C=O) groups excluding carboxylic acids is 1. The van der Waals surface area contributed by atoms with Crippen LogP contribution in [0.3, 0.4) is 0 Å². The molecule has 1 unspecified atom stereocenters. The zero-order valence-corrected chi connectivity index (χ0v) is 16.4. The lowest BCUT2D eigenvalue weighted by Crippen LogP contribution is -2.44. The van der Waals surface area contributed by atoms with E-state index < -0.39 is 11.7 Å². The molecule has 2 aromatic heterocycles. The molecule has 1 fully saturated rings. The molecule has 0 aliphatic carbocycles. The quantitative estimate of drug-likeness (QED) is 0.657. The van der Waals surface area contributed by atoms with Gasteiger partial charge in [0.05, 0.1) is 11.5 Å². The largest absolute Gasteiger partial charge is 0.419 e. The minimum absolute atomic E-state index is 0.0960. The van der Waals surface area contributed by atoms with Crippen LogP contribution in [-0.2, 0) is 17.4 Å². The van der Waals surface area contributed by atoms with E-state index >= 15 is 0 Å². The number of fused-ring (bicyclic) bond motifs is 1. The fourth-order valence-electron chi connectivity index (χ4n) is 4.06. The highest BCUT2D eigenvalue weighted by Crippen LogP contribution is 2.36. The van der Waals surface area contributed by atoms with Gasteiger partial charge in [-0.2, -0.15) is 13.2 Å². The zero-order chi connectivity index (χ0) is 21.1. The summed E-state index contributed by atoms with van der Waals surface area (Å²) in [6.07, 6.45) is 0.815. The first-order chi connectivity index (χ1) is 14.4. The molecule has 1 amide bonds. The first-order valence-corrected chi connectivity index (χ1v) is 10.0. The molecule has 2 N–H and O–H groups in total. The van der Waals surface area contributed by atoms with Crippen molar-refractivity contribution in [3.05, 3.63) is 59.9 Å². The van der Waals surface area contributed by atoms with Crippen LogP contribution < -0.4 is 10.2 Å². The van der Waals surface area contributed by atoms with E-state index in [1.807, 2.05) is 30.5 Å². The molecule has 1 aromatic carbocycles. The maximum absolute atomic E-state index is 13.3. The highest BCUT2D eigenvalue weighted by atomic mass is 19.4. The molecule has 0 spiro atoms. The predicted molar refractivity (Wildman–Crippen MR) is 109 cm³/mol. The van der Waals surface area contributed by atoms with E-state index in [0.29, 0.717) is 32.4 Å². The molecule has 8 heteroatoms. The van der Waals surface area contributed by atoms with Crippen LogP contribution >= 0.6 is 0 Å². The highest BCUT2D eigenvalue weighted by Gasteiger charge is 2.37. The van der Waals surface area contributed by atoms with Gasteiger partial charge in [0.15, 0.2) is 0 Å². The molecule has 0 saturated carbocycles. The van der Waals surface area contributed by atoms with Crippen molar-refractivity contribution in [3.63, 3.8) is 0 Å². The average molecular weight is 416 g/mol. The number of hydrogen-bond acceptors (Lipinski definition) is 3. The number of hydrogen-bond donors (Lipinski definition) is 2. The summed E-state index contributed by atoms with van der Waals surface area (Å²) in [4.78, 5) is 21.4. The van der Waals surface area contributed by atoms with Crippen molar-refractivity contribution in [1.29, 1.82) is 0 Å². The van der Waals surface area contributed by atoms with E-state index in [9.17, 15) is 18.0 Å². The third-order valence-electron chi connectivity index (χ3n) is 5.55. The number of rotatable bonds is 5. The Morgan fingerprint density at radius 3 is 2.90 bits per heavy atom. The molecule has 30 heavy (non-hydrogen) atoms. The average Bonchev–Trinajstić information content (AvgIpc) is 3.16. The van der Waals surface area contributed by atoms with Crippen molar-refractivity contribution in [2.24, 2.45) is 5.92 Å². The standard InChI is InChI=1S/C22H23F3N4O/c23-22(24,25)18-7-3-10-26-20(18)29-12-4-5-16(14-29)21(30)27-11-9-15-13-28-19-8-2-1-6-17(15)19/h1-3,6-8,10,13,16,28H,4-5,9,11-12,14H2,(H,27,30). The summed E-state index contributed by atoms with van der Waals surface area (Å²) in [7, 11) is 0. The number of benzene rings is 1. The van der Waals surface area contributed by atoms with Crippen LogP contribution in [0.5, 0.6) is 0 Å². The second-order valence-electron chi connectivity index (χ2n) is 7.56. The van der Waals surface area contributed by atoms with Crippen LogP contribution in [0, 0.1) is 5.92 Å². The number of nitrogens with one attached hydrogen (secondary N) is 2. The van der Waals surface area contributed by atoms with E-state index in [-0.39, 0.29) is 24.2 Å². The third-order valence-corrected chi connectivity index (χ3v) is 5.55. The van der Waals surface area contributed by atoms with Crippen LogP contribution in [-0.4, -0.2) is 35.5 Å². The lowest BCUT2D eigenvalue weighted by molar-refractivity contribution is -0.137. The minimum Gasteiger partial charge on any atom is -0.361 e. The van der Waals surface area contributed by atoms with Gasteiger partial charge in [-0.25, -0.2) is 4.98 Å². The molecular weight excluding hydrogens is 393 g/mol. The Kier molecular flexibility index (Phi) is 5.65. The Hall–Kier alpha value is -3.03. The van der Waals surface area contributed by atoms with Crippen LogP contribution in [0.2, 0.25) is 0 Å². The minimum atomic E-state index is -4.47. The predicted octanol–water partition coefficient (Wildman–Crippen LogP) is 4.16. The summed E-state index contributed by atoms with van der Waals surface area (Å²) in [6.45, 7) is 1.17. The van der Waals surface area contributed by atoms with Crippen molar-refractivity contribution in [2.45, 2.75) is 25.4 Å². The zero-order valence-electron chi connectivity index (χ0n) is 16.4. The second kappa shape index (κ2) is 8.38. The molecule has 1 saturated heterocycles. The molecular formula is C22H23F3N4O. The van der Waals surface area contributed by atoms with Gasteiger partial charge in [0.1, 0.15) is 5.82 Å². The normalized spacial score (nSPS) is 17.3. The highest BCUT2D eigenvalue weighted by molar-refractivity contribution is 5.83. The second-order valence-corrected chi connectivity index (χ2v) is 7.56. The van der Waals surface area contributed by atoms with Gasteiger partial charge in [-0.05, 0) is 43.0 Å². The van der Waals surface area contributed by atoms with E-state index in [4.69, 9.17) is 0 Å². The van der Waals surface area contributed by atoms with Gasteiger partial charge in [-0.1, -0.05) is 18.2 Å². The van der Waals surface area contributed by atoms with Crippen LogP contribution in [0.1, 0.15) is 24.0 Å². The van der Waals surface area contributed by atoms with Gasteiger partial charge in [0.25, 0.3) is 0 Å². The molecule has 1 aliphatic rings. The number of carbonyl (C=O) groups is 1. The van der Waals surface area contributed by atoms with Crippen molar-refractivity contribution in [3.8, 4) is 0 Å². The van der Waals surface area contributed by atoms with Gasteiger partial charge in [0.2, 0.25) is 5.91 Å². The van der Waals surface area contributed by atoms with Crippen LogP contribution in [0.15, 0.2) is 48.8 Å². The fraction of sp³-hybridized carbons (Fsp3) is 0.364. The van der Waals surface area contributed by atoms with Gasteiger partial charge < -0.3 is 15.2 Å². The number of nitrogens with zero attached hydrogens (tertiary/aromatic N) is 2. The van der Waals surface area contributed by atoms with Crippen LogP contribution in [0.25, 0.3) is 10.9 Å². The number of halogens is 3. The number of H-pyrrole nitrogens is 1. The summed E-state index contributed by atoms with van der Waals surface area (Å²) in [5.41, 5.74) is 1.42. The fourth-order valence-corrected chi connectivity index (χ4v) is 4.06. The summed E-state index contributed by atoms with van der Waals surface area (Å²) >= 11 is 0. The van der Waals surface area contributed by atoms with E-state index in [0.717, 1.165) is 22.5 Å². The number of amides is 1. The molecule has 0 radical (unpaired) electrons. The third kappa shape index (κ3) is 4.27. The first kappa shape index (κ1) is 20.3. The Balaban J connectivity index is 1.37. The SMILES string of the molecule is O=C(NCCc1c[nH]c2ccccc12)C1CCCN(c2ncccc2C(F)(F)F)C1. The number of aromatic amines is 1. The van der Waals surface area contributed by atoms with Gasteiger partial charge in [-0.3, -0.25) is 4.79 Å². The number of piperidine rings is 1. The first-order valence-electron chi connectivity index (χ1n) is 10.0. The van der Waals surface area contributed by atoms with Crippen molar-refractivity contribution in [1.82, 2.24) is 15.3 Å².